The number of ketones is 2. The van der Waals surface area contributed by atoms with Gasteiger partial charge >= 0.3 is 5.97 Å². The Hall–Kier alpha value is -2.84. The highest BCUT2D eigenvalue weighted by Crippen LogP contribution is 2.18. The van der Waals surface area contributed by atoms with Crippen LogP contribution < -0.4 is 5.32 Å². The summed E-state index contributed by atoms with van der Waals surface area (Å²) in [5.74, 6) is -3.22. The number of ether oxygens (including phenoxy) is 1. The first-order valence-corrected chi connectivity index (χ1v) is 7.87. The number of nitrogens with zero attached hydrogens (tertiary/aromatic N) is 1. The SMILES string of the molecule is O=C(CNC(=O)CCN1C(=O)C=CC1=O)CC(=O)CC1CCOC1=O. The van der Waals surface area contributed by atoms with Crippen molar-refractivity contribution in [3.8, 4) is 0 Å². The molecule has 9 heteroatoms. The van der Waals surface area contributed by atoms with Crippen molar-refractivity contribution in [1.29, 1.82) is 0 Å². The maximum Gasteiger partial charge on any atom is 0.309 e. The van der Waals surface area contributed by atoms with Crippen molar-refractivity contribution in [3.63, 3.8) is 0 Å². The van der Waals surface area contributed by atoms with Gasteiger partial charge in [0.2, 0.25) is 5.91 Å². The Morgan fingerprint density at radius 2 is 1.80 bits per heavy atom. The highest BCUT2D eigenvalue weighted by molar-refractivity contribution is 6.13. The van der Waals surface area contributed by atoms with Crippen molar-refractivity contribution < 1.29 is 33.5 Å². The zero-order chi connectivity index (χ0) is 18.4. The number of amides is 3. The summed E-state index contributed by atoms with van der Waals surface area (Å²) in [6.07, 6.45) is 2.18. The molecule has 0 radical (unpaired) electrons. The summed E-state index contributed by atoms with van der Waals surface area (Å²) in [5, 5.41) is 2.34. The van der Waals surface area contributed by atoms with Crippen LogP contribution in [0.2, 0.25) is 0 Å². The van der Waals surface area contributed by atoms with Gasteiger partial charge in [0.1, 0.15) is 5.78 Å². The molecule has 0 saturated carbocycles. The monoisotopic (exact) mass is 350 g/mol. The Labute approximate surface area is 143 Å². The Balaban J connectivity index is 1.63. The van der Waals surface area contributed by atoms with E-state index in [0.29, 0.717) is 13.0 Å². The lowest BCUT2D eigenvalue weighted by Crippen LogP contribution is -2.36. The number of esters is 1. The maximum atomic E-state index is 11.7. The second-order valence-electron chi connectivity index (χ2n) is 5.80. The lowest BCUT2D eigenvalue weighted by molar-refractivity contribution is -0.143. The van der Waals surface area contributed by atoms with Crippen LogP contribution in [0.15, 0.2) is 12.2 Å². The largest absolute Gasteiger partial charge is 0.465 e. The first-order chi connectivity index (χ1) is 11.9. The Bertz CT molecular complexity index is 635. The fraction of sp³-hybridized carbons (Fsp3) is 0.500. The van der Waals surface area contributed by atoms with Gasteiger partial charge in [0, 0.05) is 31.5 Å². The van der Waals surface area contributed by atoms with Crippen molar-refractivity contribution in [2.45, 2.75) is 25.7 Å². The highest BCUT2D eigenvalue weighted by Gasteiger charge is 2.29. The first-order valence-electron chi connectivity index (χ1n) is 7.87. The van der Waals surface area contributed by atoms with E-state index >= 15 is 0 Å². The van der Waals surface area contributed by atoms with Gasteiger partial charge in [-0.15, -0.1) is 0 Å². The highest BCUT2D eigenvalue weighted by atomic mass is 16.5. The van der Waals surface area contributed by atoms with E-state index in [9.17, 15) is 28.8 Å². The van der Waals surface area contributed by atoms with Gasteiger partial charge in [0.25, 0.3) is 11.8 Å². The van der Waals surface area contributed by atoms with Crippen LogP contribution in [-0.4, -0.2) is 59.9 Å². The minimum atomic E-state index is -0.507. The van der Waals surface area contributed by atoms with Crippen LogP contribution in [0.3, 0.4) is 0 Å². The Morgan fingerprint density at radius 3 is 2.40 bits per heavy atom. The van der Waals surface area contributed by atoms with E-state index in [2.05, 4.69) is 5.32 Å². The molecule has 1 atom stereocenters. The van der Waals surface area contributed by atoms with Crippen molar-refractivity contribution in [2.24, 2.45) is 5.92 Å². The van der Waals surface area contributed by atoms with Gasteiger partial charge in [-0.25, -0.2) is 0 Å². The standard InChI is InChI=1S/C16H18N2O7/c19-11(7-10-4-6-25-16(10)24)8-12(20)9-17-13(21)3-5-18-14(22)1-2-15(18)23/h1-2,10H,3-9H2,(H,17,21). The molecular formula is C16H18N2O7. The molecular weight excluding hydrogens is 332 g/mol. The fourth-order valence-corrected chi connectivity index (χ4v) is 2.50. The molecule has 1 unspecified atom stereocenters. The van der Waals surface area contributed by atoms with Crippen LogP contribution in [0.5, 0.6) is 0 Å². The smallest absolute Gasteiger partial charge is 0.309 e. The van der Waals surface area contributed by atoms with Crippen molar-refractivity contribution in [1.82, 2.24) is 10.2 Å². The predicted molar refractivity (Wildman–Crippen MR) is 81.8 cm³/mol. The molecule has 0 aliphatic carbocycles. The zero-order valence-corrected chi connectivity index (χ0v) is 13.5. The van der Waals surface area contributed by atoms with E-state index in [1.54, 1.807) is 0 Å². The van der Waals surface area contributed by atoms with Gasteiger partial charge in [-0.1, -0.05) is 0 Å². The minimum absolute atomic E-state index is 0.0370. The van der Waals surface area contributed by atoms with Crippen molar-refractivity contribution in [2.75, 3.05) is 19.7 Å². The van der Waals surface area contributed by atoms with E-state index in [1.807, 2.05) is 0 Å². The first kappa shape index (κ1) is 18.5. The Morgan fingerprint density at radius 1 is 1.12 bits per heavy atom. The van der Waals surface area contributed by atoms with E-state index in [0.717, 1.165) is 17.1 Å². The quantitative estimate of drug-likeness (QED) is 0.318. The van der Waals surface area contributed by atoms with E-state index in [-0.39, 0.29) is 38.1 Å². The van der Waals surface area contributed by atoms with Crippen LogP contribution in [0, 0.1) is 5.92 Å². The number of rotatable bonds is 9. The van der Waals surface area contributed by atoms with E-state index < -0.39 is 35.4 Å². The number of hydrogen-bond acceptors (Lipinski definition) is 7. The third-order valence-electron chi connectivity index (χ3n) is 3.86. The summed E-state index contributed by atoms with van der Waals surface area (Å²) in [6, 6.07) is 0. The molecule has 3 amide bonds. The molecule has 1 saturated heterocycles. The second-order valence-corrected chi connectivity index (χ2v) is 5.80. The summed E-state index contributed by atoms with van der Waals surface area (Å²) in [5.41, 5.74) is 0. The molecule has 2 aliphatic heterocycles. The minimum Gasteiger partial charge on any atom is -0.465 e. The average molecular weight is 350 g/mol. The molecule has 1 N–H and O–H groups in total. The molecule has 0 bridgehead atoms. The average Bonchev–Trinajstić information content (AvgIpc) is 3.09. The number of nitrogens with one attached hydrogen (secondary N) is 1. The van der Waals surface area contributed by atoms with Gasteiger partial charge in [-0.2, -0.15) is 0 Å². The molecule has 0 aromatic rings. The van der Waals surface area contributed by atoms with Crippen LogP contribution in [0.25, 0.3) is 0 Å². The molecule has 25 heavy (non-hydrogen) atoms. The maximum absolute atomic E-state index is 11.7. The van der Waals surface area contributed by atoms with E-state index in [1.165, 1.54) is 0 Å². The molecule has 0 aromatic carbocycles. The molecule has 0 spiro atoms. The summed E-state index contributed by atoms with van der Waals surface area (Å²) >= 11 is 0. The lowest BCUT2D eigenvalue weighted by atomic mass is 9.99. The number of Topliss-reactive ketones (excluding diaryl/α,β-unsaturated/α-hetero) is 2. The number of cyclic esters (lactones) is 1. The predicted octanol–water partition coefficient (Wildman–Crippen LogP) is -1.10. The van der Waals surface area contributed by atoms with Crippen LogP contribution in [0.1, 0.15) is 25.7 Å². The normalized spacial score (nSPS) is 19.3. The molecule has 134 valence electrons. The molecule has 2 heterocycles. The number of carbonyl (C=O) groups is 6. The topological polar surface area (TPSA) is 127 Å². The van der Waals surface area contributed by atoms with Crippen molar-refractivity contribution in [3.05, 3.63) is 12.2 Å². The van der Waals surface area contributed by atoms with Crippen LogP contribution >= 0.6 is 0 Å². The summed E-state index contributed by atoms with van der Waals surface area (Å²) < 4.78 is 4.75. The molecule has 9 nitrogen and oxygen atoms in total. The molecule has 0 aromatic heterocycles. The summed E-state index contributed by atoms with van der Waals surface area (Å²) in [4.78, 5) is 69.9. The summed E-state index contributed by atoms with van der Waals surface area (Å²) in [6.45, 7) is -0.106. The third-order valence-corrected chi connectivity index (χ3v) is 3.86. The van der Waals surface area contributed by atoms with Crippen LogP contribution in [0.4, 0.5) is 0 Å². The zero-order valence-electron chi connectivity index (χ0n) is 13.5. The number of imide groups is 1. The summed E-state index contributed by atoms with van der Waals surface area (Å²) in [7, 11) is 0. The van der Waals surface area contributed by atoms with Gasteiger partial charge in [0.15, 0.2) is 5.78 Å². The number of hydrogen-bond donors (Lipinski definition) is 1. The van der Waals surface area contributed by atoms with Gasteiger partial charge < -0.3 is 10.1 Å². The van der Waals surface area contributed by atoms with Crippen LogP contribution in [-0.2, 0) is 33.5 Å². The Kier molecular flexibility index (Phi) is 6.15. The molecule has 1 fully saturated rings. The number of carbonyl (C=O) groups excluding carboxylic acids is 6. The lowest BCUT2D eigenvalue weighted by Gasteiger charge is -2.13. The van der Waals surface area contributed by atoms with Crippen molar-refractivity contribution >= 4 is 35.3 Å². The van der Waals surface area contributed by atoms with Gasteiger partial charge in [-0.3, -0.25) is 33.7 Å². The van der Waals surface area contributed by atoms with Gasteiger partial charge in [0.05, 0.1) is 25.5 Å². The molecule has 2 aliphatic rings. The van der Waals surface area contributed by atoms with E-state index in [4.69, 9.17) is 4.74 Å². The fourth-order valence-electron chi connectivity index (χ4n) is 2.50. The molecule has 2 rings (SSSR count). The second kappa shape index (κ2) is 8.32. The third kappa shape index (κ3) is 5.33. The van der Waals surface area contributed by atoms with Gasteiger partial charge in [-0.05, 0) is 6.42 Å².